The minimum Gasteiger partial charge on any atom is -0.383 e. The molecule has 0 spiro atoms. The van der Waals surface area contributed by atoms with Crippen molar-refractivity contribution in [2.75, 3.05) is 5.73 Å². The first-order valence-electron chi connectivity index (χ1n) is 8.29. The first kappa shape index (κ1) is 15.6. The minimum absolute atomic E-state index is 0.623. The predicted octanol–water partition coefficient (Wildman–Crippen LogP) is 3.53. The number of nitrogen functional groups attached to an aromatic ring is 1. The number of benzene rings is 1. The molecule has 0 radical (unpaired) electrons. The zero-order chi connectivity index (χ0) is 16.6. The highest BCUT2D eigenvalue weighted by molar-refractivity contribution is 5.83. The highest BCUT2D eigenvalue weighted by Gasteiger charge is 2.22. The number of hydrogen-bond donors (Lipinski definition) is 1. The van der Waals surface area contributed by atoms with E-state index in [2.05, 4.69) is 29.6 Å². The highest BCUT2D eigenvalue weighted by atomic mass is 15.3. The smallest absolute Gasteiger partial charge is 0.146 e. The molecule has 0 aliphatic rings. The Morgan fingerprint density at radius 3 is 2.48 bits per heavy atom. The molecule has 3 aromatic rings. The number of rotatable bonds is 5. The van der Waals surface area contributed by atoms with Crippen LogP contribution in [0.4, 0.5) is 5.82 Å². The number of imidazole rings is 1. The average Bonchev–Trinajstić information content (AvgIpc) is 3.03. The lowest BCUT2D eigenvalue weighted by Crippen LogP contribution is -2.05. The number of para-hydroxylation sites is 2. The Morgan fingerprint density at radius 1 is 1.13 bits per heavy atom. The van der Waals surface area contributed by atoms with E-state index in [0.717, 1.165) is 47.4 Å². The summed E-state index contributed by atoms with van der Waals surface area (Å²) in [6, 6.07) is 8.16. The molecule has 5 heteroatoms. The summed E-state index contributed by atoms with van der Waals surface area (Å²) in [5.41, 5.74) is 10.5. The fraction of sp³-hybridized carbons (Fsp3) is 0.444. The van der Waals surface area contributed by atoms with Crippen LogP contribution in [0.25, 0.3) is 22.4 Å². The van der Waals surface area contributed by atoms with Crippen molar-refractivity contribution in [1.82, 2.24) is 19.3 Å². The topological polar surface area (TPSA) is 61.7 Å². The Kier molecular flexibility index (Phi) is 4.11. The van der Waals surface area contributed by atoms with Gasteiger partial charge in [-0.3, -0.25) is 4.68 Å². The van der Waals surface area contributed by atoms with E-state index in [9.17, 15) is 0 Å². The molecule has 23 heavy (non-hydrogen) atoms. The van der Waals surface area contributed by atoms with Crippen LogP contribution in [0.5, 0.6) is 0 Å². The standard InChI is InChI=1S/C18H25N5/c1-5-12(6-2)11-14-16(17(19)23(4)21-14)18-20-13-9-7-8-10-15(13)22(18)3/h7-10,12H,5-6,11,19H2,1-4H3. The van der Waals surface area contributed by atoms with E-state index < -0.39 is 0 Å². The quantitative estimate of drug-likeness (QED) is 0.784. The lowest BCUT2D eigenvalue weighted by molar-refractivity contribution is 0.482. The van der Waals surface area contributed by atoms with Crippen molar-refractivity contribution in [3.05, 3.63) is 30.0 Å². The highest BCUT2D eigenvalue weighted by Crippen LogP contribution is 2.32. The zero-order valence-corrected chi connectivity index (χ0v) is 14.4. The Morgan fingerprint density at radius 2 is 1.83 bits per heavy atom. The lowest BCUT2D eigenvalue weighted by atomic mass is 9.95. The van der Waals surface area contributed by atoms with E-state index in [0.29, 0.717) is 11.7 Å². The molecule has 1 aromatic carbocycles. The molecule has 2 N–H and O–H groups in total. The van der Waals surface area contributed by atoms with E-state index in [1.807, 2.05) is 32.3 Å². The molecular formula is C18H25N5. The molecule has 0 bridgehead atoms. The van der Waals surface area contributed by atoms with Gasteiger partial charge in [0.05, 0.1) is 22.3 Å². The molecule has 0 amide bonds. The number of nitrogens with zero attached hydrogens (tertiary/aromatic N) is 4. The third kappa shape index (κ3) is 2.60. The third-order valence-electron chi connectivity index (χ3n) is 4.81. The monoisotopic (exact) mass is 311 g/mol. The number of aromatic nitrogens is 4. The summed E-state index contributed by atoms with van der Waals surface area (Å²) in [5, 5.41) is 4.67. The molecule has 0 saturated carbocycles. The predicted molar refractivity (Wildman–Crippen MR) is 95.1 cm³/mol. The van der Waals surface area contributed by atoms with Crippen molar-refractivity contribution < 1.29 is 0 Å². The summed E-state index contributed by atoms with van der Waals surface area (Å²) in [6.07, 6.45) is 3.24. The van der Waals surface area contributed by atoms with Crippen LogP contribution in [0.3, 0.4) is 0 Å². The molecule has 0 atom stereocenters. The molecule has 0 saturated heterocycles. The second-order valence-electron chi connectivity index (χ2n) is 6.20. The summed E-state index contributed by atoms with van der Waals surface area (Å²) >= 11 is 0. The van der Waals surface area contributed by atoms with Crippen LogP contribution in [0.1, 0.15) is 32.4 Å². The Bertz CT molecular complexity index is 823. The van der Waals surface area contributed by atoms with Crippen LogP contribution >= 0.6 is 0 Å². The van der Waals surface area contributed by atoms with Gasteiger partial charge >= 0.3 is 0 Å². The van der Waals surface area contributed by atoms with Gasteiger partial charge in [0.25, 0.3) is 0 Å². The van der Waals surface area contributed by atoms with Gasteiger partial charge in [-0.2, -0.15) is 5.10 Å². The van der Waals surface area contributed by atoms with E-state index in [1.54, 1.807) is 4.68 Å². The van der Waals surface area contributed by atoms with E-state index >= 15 is 0 Å². The van der Waals surface area contributed by atoms with E-state index in [1.165, 1.54) is 0 Å². The average molecular weight is 311 g/mol. The summed E-state index contributed by atoms with van der Waals surface area (Å²) in [6.45, 7) is 4.46. The normalized spacial score (nSPS) is 11.7. The largest absolute Gasteiger partial charge is 0.383 e. The zero-order valence-electron chi connectivity index (χ0n) is 14.4. The van der Waals surface area contributed by atoms with Crippen molar-refractivity contribution >= 4 is 16.9 Å². The molecule has 0 aliphatic heterocycles. The third-order valence-corrected chi connectivity index (χ3v) is 4.81. The van der Waals surface area contributed by atoms with Crippen molar-refractivity contribution in [2.24, 2.45) is 20.0 Å². The number of aryl methyl sites for hydroxylation is 2. The van der Waals surface area contributed by atoms with E-state index in [-0.39, 0.29) is 0 Å². The number of anilines is 1. The van der Waals surface area contributed by atoms with Crippen molar-refractivity contribution in [2.45, 2.75) is 33.1 Å². The molecule has 3 rings (SSSR count). The van der Waals surface area contributed by atoms with Crippen LogP contribution in [0, 0.1) is 5.92 Å². The molecule has 5 nitrogen and oxygen atoms in total. The van der Waals surface area contributed by atoms with Crippen LogP contribution in [0.15, 0.2) is 24.3 Å². The molecule has 2 heterocycles. The van der Waals surface area contributed by atoms with Crippen molar-refractivity contribution in [1.29, 1.82) is 0 Å². The molecule has 0 aliphatic carbocycles. The van der Waals surface area contributed by atoms with Crippen molar-refractivity contribution in [3.63, 3.8) is 0 Å². The van der Waals surface area contributed by atoms with Gasteiger partial charge in [-0.05, 0) is 24.5 Å². The minimum atomic E-state index is 0.623. The van der Waals surface area contributed by atoms with Gasteiger partial charge in [0.2, 0.25) is 0 Å². The second-order valence-corrected chi connectivity index (χ2v) is 6.20. The summed E-state index contributed by atoms with van der Waals surface area (Å²) in [4.78, 5) is 4.81. The van der Waals surface area contributed by atoms with Gasteiger partial charge in [-0.25, -0.2) is 4.98 Å². The fourth-order valence-corrected chi connectivity index (χ4v) is 3.20. The van der Waals surface area contributed by atoms with Crippen LogP contribution in [0.2, 0.25) is 0 Å². The van der Waals surface area contributed by atoms with Crippen LogP contribution in [-0.2, 0) is 20.5 Å². The molecule has 0 fully saturated rings. The lowest BCUT2D eigenvalue weighted by Gasteiger charge is -2.11. The Balaban J connectivity index is 2.16. The molecular weight excluding hydrogens is 286 g/mol. The molecule has 0 unspecified atom stereocenters. The molecule has 2 aromatic heterocycles. The number of hydrogen-bond acceptors (Lipinski definition) is 3. The maximum absolute atomic E-state index is 6.33. The number of fused-ring (bicyclic) bond motifs is 1. The summed E-state index contributed by atoms with van der Waals surface area (Å²) in [7, 11) is 3.94. The first-order valence-corrected chi connectivity index (χ1v) is 8.29. The van der Waals surface area contributed by atoms with Gasteiger partial charge in [0, 0.05) is 14.1 Å². The summed E-state index contributed by atoms with van der Waals surface area (Å²) in [5.74, 6) is 2.21. The van der Waals surface area contributed by atoms with Gasteiger partial charge in [0.15, 0.2) is 0 Å². The Labute approximate surface area is 137 Å². The van der Waals surface area contributed by atoms with Crippen LogP contribution in [-0.4, -0.2) is 19.3 Å². The Hall–Kier alpha value is -2.30. The van der Waals surface area contributed by atoms with Gasteiger partial charge in [-0.1, -0.05) is 38.8 Å². The van der Waals surface area contributed by atoms with Crippen molar-refractivity contribution in [3.8, 4) is 11.4 Å². The number of nitrogens with two attached hydrogens (primary N) is 1. The molecule has 122 valence electrons. The summed E-state index contributed by atoms with van der Waals surface area (Å²) < 4.78 is 3.88. The van der Waals surface area contributed by atoms with Gasteiger partial charge in [-0.15, -0.1) is 0 Å². The first-order chi connectivity index (χ1) is 11.1. The van der Waals surface area contributed by atoms with Crippen LogP contribution < -0.4 is 5.73 Å². The fourth-order valence-electron chi connectivity index (χ4n) is 3.20. The maximum atomic E-state index is 6.33. The second kappa shape index (κ2) is 6.07. The SMILES string of the molecule is CCC(CC)Cc1nn(C)c(N)c1-c1nc2ccccc2n1C. The van der Waals surface area contributed by atoms with E-state index in [4.69, 9.17) is 10.7 Å². The maximum Gasteiger partial charge on any atom is 0.146 e. The van der Waals surface area contributed by atoms with Gasteiger partial charge in [0.1, 0.15) is 11.6 Å². The van der Waals surface area contributed by atoms with Gasteiger partial charge < -0.3 is 10.3 Å².